The molecule has 0 aliphatic carbocycles. The molecule has 0 atom stereocenters. The van der Waals surface area contributed by atoms with Crippen molar-refractivity contribution in [1.82, 2.24) is 4.98 Å². The Labute approximate surface area is 166 Å². The van der Waals surface area contributed by atoms with Crippen molar-refractivity contribution in [2.45, 2.75) is 51.9 Å². The summed E-state index contributed by atoms with van der Waals surface area (Å²) in [5, 5.41) is 9.63. The first-order valence-corrected chi connectivity index (χ1v) is 9.78. The van der Waals surface area contributed by atoms with Crippen LogP contribution in [0.1, 0.15) is 49.7 Å². The topological polar surface area (TPSA) is 58.3 Å². The Morgan fingerprint density at radius 3 is 2.59 bits per heavy atom. The Kier molecular flexibility index (Phi) is 9.37. The van der Waals surface area contributed by atoms with Crippen molar-refractivity contribution in [3.8, 4) is 11.9 Å². The molecule has 0 aliphatic heterocycles. The summed E-state index contributed by atoms with van der Waals surface area (Å²) >= 11 is 5.85. The van der Waals surface area contributed by atoms with E-state index in [4.69, 9.17) is 21.6 Å². The summed E-state index contributed by atoms with van der Waals surface area (Å²) in [6.07, 6.45) is 12.7. The third kappa shape index (κ3) is 8.70. The van der Waals surface area contributed by atoms with E-state index in [0.717, 1.165) is 72.7 Å². The number of benzene rings is 1. The molecule has 0 saturated heterocycles. The monoisotopic (exact) mass is 383 g/mol. The van der Waals surface area contributed by atoms with Gasteiger partial charge in [0.2, 0.25) is 6.19 Å². The van der Waals surface area contributed by atoms with Crippen LogP contribution in [0.4, 0.5) is 0 Å². The number of pyridine rings is 1. The quantitative estimate of drug-likeness (QED) is 0.274. The normalized spacial score (nSPS) is 11.2. The van der Waals surface area contributed by atoms with Crippen LogP contribution in [-0.4, -0.2) is 17.3 Å². The Morgan fingerprint density at radius 1 is 1.11 bits per heavy atom. The van der Waals surface area contributed by atoms with Crippen molar-refractivity contribution in [3.63, 3.8) is 0 Å². The number of nitriles is 1. The maximum atomic E-state index is 8.90. The number of aromatic nitrogens is 1. The van der Waals surface area contributed by atoms with Crippen molar-refractivity contribution in [2.24, 2.45) is 4.99 Å². The summed E-state index contributed by atoms with van der Waals surface area (Å²) in [4.78, 5) is 8.21. The molecule has 0 amide bonds. The zero-order chi connectivity index (χ0) is 19.3. The van der Waals surface area contributed by atoms with Crippen LogP contribution in [0.15, 0.2) is 47.7 Å². The number of unbranched alkanes of at least 4 members (excludes halogenated alkanes) is 4. The van der Waals surface area contributed by atoms with E-state index in [1.165, 1.54) is 0 Å². The molecule has 0 saturated carbocycles. The van der Waals surface area contributed by atoms with E-state index >= 15 is 0 Å². The maximum absolute atomic E-state index is 8.90. The van der Waals surface area contributed by atoms with Crippen molar-refractivity contribution in [3.05, 3.63) is 58.9 Å². The minimum atomic E-state index is 0.706. The first-order chi connectivity index (χ1) is 13.2. The molecule has 0 bridgehead atoms. The summed E-state index contributed by atoms with van der Waals surface area (Å²) in [6, 6.07) is 9.55. The van der Waals surface area contributed by atoms with E-state index < -0.39 is 0 Å². The van der Waals surface area contributed by atoms with Gasteiger partial charge in [-0.25, -0.2) is 0 Å². The van der Waals surface area contributed by atoms with E-state index in [1.807, 2.05) is 49.8 Å². The van der Waals surface area contributed by atoms with E-state index in [2.05, 4.69) is 16.0 Å². The van der Waals surface area contributed by atoms with Crippen LogP contribution in [0, 0.1) is 18.4 Å². The van der Waals surface area contributed by atoms with Gasteiger partial charge in [0.25, 0.3) is 0 Å². The van der Waals surface area contributed by atoms with Gasteiger partial charge in [0.05, 0.1) is 6.61 Å². The highest BCUT2D eigenvalue weighted by Crippen LogP contribution is 2.16. The summed E-state index contributed by atoms with van der Waals surface area (Å²) < 4.78 is 5.69. The number of rotatable bonds is 11. The van der Waals surface area contributed by atoms with Gasteiger partial charge in [-0.2, -0.15) is 10.3 Å². The van der Waals surface area contributed by atoms with E-state index in [9.17, 15) is 0 Å². The molecule has 0 aliphatic rings. The highest BCUT2D eigenvalue weighted by atomic mass is 35.5. The average Bonchev–Trinajstić information content (AvgIpc) is 2.65. The summed E-state index contributed by atoms with van der Waals surface area (Å²) in [5.41, 5.74) is 3.18. The second kappa shape index (κ2) is 12.1. The van der Waals surface area contributed by atoms with Gasteiger partial charge in [0.1, 0.15) is 5.75 Å². The van der Waals surface area contributed by atoms with Crippen molar-refractivity contribution >= 4 is 17.3 Å². The third-order valence-corrected chi connectivity index (χ3v) is 4.49. The van der Waals surface area contributed by atoms with Crippen LogP contribution in [-0.2, 0) is 6.42 Å². The van der Waals surface area contributed by atoms with Gasteiger partial charge in [-0.15, -0.1) is 0 Å². The Hall–Kier alpha value is -2.38. The van der Waals surface area contributed by atoms with Gasteiger partial charge in [-0.05, 0) is 61.6 Å². The van der Waals surface area contributed by atoms with Crippen molar-refractivity contribution < 1.29 is 4.74 Å². The standard InChI is InChI=1S/C22H26ClN3O/c1-18-13-19(16-25-15-18)14-21(26-17-24)7-5-3-2-4-6-12-27-22-10-8-20(23)9-11-22/h8-11,13,15-16H,2-7,12,14H2,1H3. The third-order valence-electron chi connectivity index (χ3n) is 4.24. The van der Waals surface area contributed by atoms with Crippen LogP contribution >= 0.6 is 11.6 Å². The minimum absolute atomic E-state index is 0.706. The van der Waals surface area contributed by atoms with Crippen LogP contribution in [0.25, 0.3) is 0 Å². The van der Waals surface area contributed by atoms with Gasteiger partial charge in [-0.3, -0.25) is 4.98 Å². The lowest BCUT2D eigenvalue weighted by Crippen LogP contribution is -2.04. The SMILES string of the molecule is Cc1cncc(CC(CCCCCCCOc2ccc(Cl)cc2)=NC#N)c1. The highest BCUT2D eigenvalue weighted by Gasteiger charge is 2.04. The lowest BCUT2D eigenvalue weighted by atomic mass is 10.0. The molecule has 5 heteroatoms. The number of aryl methyl sites for hydroxylation is 1. The number of hydrogen-bond donors (Lipinski definition) is 0. The number of hydrogen-bond acceptors (Lipinski definition) is 4. The fraction of sp³-hybridized carbons (Fsp3) is 0.409. The molecule has 0 unspecified atom stereocenters. The van der Waals surface area contributed by atoms with Crippen LogP contribution < -0.4 is 4.74 Å². The Balaban J connectivity index is 1.58. The summed E-state index contributed by atoms with van der Waals surface area (Å²) in [7, 11) is 0. The largest absolute Gasteiger partial charge is 0.494 e. The zero-order valence-corrected chi connectivity index (χ0v) is 16.6. The smallest absolute Gasteiger partial charge is 0.205 e. The van der Waals surface area contributed by atoms with Gasteiger partial charge in [-0.1, -0.05) is 36.9 Å². The van der Waals surface area contributed by atoms with E-state index in [-0.39, 0.29) is 0 Å². The molecule has 1 heterocycles. The minimum Gasteiger partial charge on any atom is -0.494 e. The fourth-order valence-corrected chi connectivity index (χ4v) is 3.01. The predicted molar refractivity (Wildman–Crippen MR) is 110 cm³/mol. The zero-order valence-electron chi connectivity index (χ0n) is 15.8. The average molecular weight is 384 g/mol. The molecule has 2 aromatic rings. The Morgan fingerprint density at radius 2 is 1.85 bits per heavy atom. The molecule has 0 spiro atoms. The fourth-order valence-electron chi connectivity index (χ4n) is 2.89. The molecule has 1 aromatic carbocycles. The lowest BCUT2D eigenvalue weighted by Gasteiger charge is -2.07. The number of nitrogens with zero attached hydrogens (tertiary/aromatic N) is 3. The molecule has 142 valence electrons. The number of aliphatic imine (C=N–C) groups is 1. The predicted octanol–water partition coefficient (Wildman–Crippen LogP) is 5.93. The first kappa shape index (κ1) is 20.9. The molecule has 4 nitrogen and oxygen atoms in total. The molecule has 0 N–H and O–H groups in total. The van der Waals surface area contributed by atoms with Crippen molar-refractivity contribution in [2.75, 3.05) is 6.61 Å². The van der Waals surface area contributed by atoms with Gasteiger partial charge in [0, 0.05) is 29.5 Å². The molecule has 27 heavy (non-hydrogen) atoms. The molecular weight excluding hydrogens is 358 g/mol. The first-order valence-electron chi connectivity index (χ1n) is 9.41. The highest BCUT2D eigenvalue weighted by molar-refractivity contribution is 6.30. The molecule has 0 radical (unpaired) electrons. The van der Waals surface area contributed by atoms with Gasteiger partial charge in [0.15, 0.2) is 0 Å². The van der Waals surface area contributed by atoms with Crippen molar-refractivity contribution in [1.29, 1.82) is 5.26 Å². The van der Waals surface area contributed by atoms with E-state index in [1.54, 1.807) is 0 Å². The maximum Gasteiger partial charge on any atom is 0.205 e. The molecule has 1 aromatic heterocycles. The number of halogens is 1. The van der Waals surface area contributed by atoms with Gasteiger partial charge < -0.3 is 4.74 Å². The molecule has 2 rings (SSSR count). The molecule has 0 fully saturated rings. The summed E-state index contributed by atoms with van der Waals surface area (Å²) in [6.45, 7) is 2.75. The number of ether oxygens (including phenoxy) is 1. The van der Waals surface area contributed by atoms with Crippen LogP contribution in [0.3, 0.4) is 0 Å². The van der Waals surface area contributed by atoms with Crippen LogP contribution in [0.5, 0.6) is 5.75 Å². The van der Waals surface area contributed by atoms with E-state index in [0.29, 0.717) is 6.42 Å². The van der Waals surface area contributed by atoms with Gasteiger partial charge >= 0.3 is 0 Å². The second-order valence-electron chi connectivity index (χ2n) is 6.65. The molecular formula is C22H26ClN3O. The lowest BCUT2D eigenvalue weighted by molar-refractivity contribution is 0.304. The Bertz CT molecular complexity index is 766. The second-order valence-corrected chi connectivity index (χ2v) is 7.08. The van der Waals surface area contributed by atoms with Crippen LogP contribution in [0.2, 0.25) is 5.02 Å². The summed E-state index contributed by atoms with van der Waals surface area (Å²) in [5.74, 6) is 0.863.